The predicted molar refractivity (Wildman–Crippen MR) is 167 cm³/mol. The van der Waals surface area contributed by atoms with Gasteiger partial charge in [-0.25, -0.2) is 4.39 Å². The summed E-state index contributed by atoms with van der Waals surface area (Å²) in [5, 5.41) is 2.49. The number of carbonyl (C=O) groups excluding carboxylic acids is 2. The molecule has 6 rings (SSSR count). The molecule has 5 nitrogen and oxygen atoms in total. The number of hydrogen-bond acceptors (Lipinski definition) is 3. The molecule has 0 aliphatic carbocycles. The molecule has 0 unspecified atom stereocenters. The maximum atomic E-state index is 14.0. The Labute approximate surface area is 249 Å². The third-order valence-electron chi connectivity index (χ3n) is 6.70. The van der Waals surface area contributed by atoms with Gasteiger partial charge in [0.25, 0.3) is 11.8 Å². The normalized spacial score (nSPS) is 14.4. The van der Waals surface area contributed by atoms with Crippen LogP contribution in [0, 0.1) is 5.82 Å². The molecule has 0 bridgehead atoms. The van der Waals surface area contributed by atoms with Gasteiger partial charge in [0.15, 0.2) is 5.11 Å². The second-order valence-corrected chi connectivity index (χ2v) is 10.6. The summed E-state index contributed by atoms with van der Waals surface area (Å²) in [5.41, 5.74) is 5.19. The zero-order valence-electron chi connectivity index (χ0n) is 21.4. The summed E-state index contributed by atoms with van der Waals surface area (Å²) in [7, 11) is 0. The van der Waals surface area contributed by atoms with Gasteiger partial charge in [0.05, 0.1) is 17.1 Å². The van der Waals surface area contributed by atoms with Crippen molar-refractivity contribution in [3.8, 4) is 28.2 Å². The first-order valence-electron chi connectivity index (χ1n) is 12.7. The first kappa shape index (κ1) is 26.6. The Bertz CT molecular complexity index is 1830. The average molecular weight is 623 g/mol. The molecule has 41 heavy (non-hydrogen) atoms. The number of halogens is 2. The average Bonchev–Trinajstić information content (AvgIpc) is 3.36. The van der Waals surface area contributed by atoms with Crippen molar-refractivity contribution in [3.63, 3.8) is 0 Å². The molecular weight excluding hydrogens is 601 g/mol. The molecule has 1 aliphatic heterocycles. The van der Waals surface area contributed by atoms with E-state index in [9.17, 15) is 14.0 Å². The minimum absolute atomic E-state index is 0.108. The molecule has 2 amide bonds. The number of rotatable bonds is 5. The number of carbonyl (C=O) groups is 2. The molecule has 8 heteroatoms. The number of nitrogens with one attached hydrogen (secondary N) is 1. The summed E-state index contributed by atoms with van der Waals surface area (Å²) in [5.74, 6) is -1.78. The molecule has 1 aromatic heterocycles. The van der Waals surface area contributed by atoms with Crippen LogP contribution in [0.1, 0.15) is 5.56 Å². The maximum absolute atomic E-state index is 14.0. The summed E-state index contributed by atoms with van der Waals surface area (Å²) in [6.07, 6.45) is 1.58. The SMILES string of the molecule is O=C1NC(=S)N(c2cccc(F)c2)C(=O)/C1=C\c1cc(-c2ccccc2)n(-c2ccc(Br)cc2)c1-c1ccccc1. The minimum Gasteiger partial charge on any atom is -0.309 e. The van der Waals surface area contributed by atoms with Gasteiger partial charge in [-0.2, -0.15) is 0 Å². The Hall–Kier alpha value is -4.66. The number of amides is 2. The molecule has 200 valence electrons. The number of nitrogens with zero attached hydrogens (tertiary/aromatic N) is 2. The molecule has 1 saturated heterocycles. The molecule has 0 atom stereocenters. The Balaban J connectivity index is 1.60. The van der Waals surface area contributed by atoms with Crippen LogP contribution in [-0.4, -0.2) is 21.5 Å². The van der Waals surface area contributed by atoms with Crippen molar-refractivity contribution in [2.75, 3.05) is 4.90 Å². The van der Waals surface area contributed by atoms with E-state index < -0.39 is 17.6 Å². The fraction of sp³-hybridized carbons (Fsp3) is 0. The highest BCUT2D eigenvalue weighted by Gasteiger charge is 2.35. The van der Waals surface area contributed by atoms with E-state index in [1.807, 2.05) is 91.0 Å². The zero-order valence-corrected chi connectivity index (χ0v) is 23.8. The lowest BCUT2D eigenvalue weighted by Crippen LogP contribution is -2.54. The van der Waals surface area contributed by atoms with E-state index in [0.717, 1.165) is 37.6 Å². The standard InChI is InChI=1S/C33H21BrFN3O2S/c34-24-14-16-26(17-15-24)37-29(21-8-3-1-4-9-21)19-23(30(37)22-10-5-2-6-11-22)18-28-31(39)36-33(41)38(32(28)40)27-13-7-12-25(35)20-27/h1-20H,(H,36,39,41)/b28-18-. The van der Waals surface area contributed by atoms with Crippen LogP contribution in [0.5, 0.6) is 0 Å². The first-order valence-corrected chi connectivity index (χ1v) is 13.9. The van der Waals surface area contributed by atoms with Crippen LogP contribution in [0.25, 0.3) is 34.3 Å². The van der Waals surface area contributed by atoms with E-state index in [1.165, 1.54) is 18.2 Å². The summed E-state index contributed by atoms with van der Waals surface area (Å²) < 4.78 is 17.1. The van der Waals surface area contributed by atoms with Gasteiger partial charge < -0.3 is 4.57 Å². The van der Waals surface area contributed by atoms with Crippen molar-refractivity contribution >= 4 is 56.8 Å². The van der Waals surface area contributed by atoms with Gasteiger partial charge >= 0.3 is 0 Å². The van der Waals surface area contributed by atoms with Gasteiger partial charge in [0, 0.05) is 15.7 Å². The third kappa shape index (κ3) is 5.15. The minimum atomic E-state index is -0.638. The van der Waals surface area contributed by atoms with Gasteiger partial charge in [0.1, 0.15) is 11.4 Å². The van der Waals surface area contributed by atoms with Crippen LogP contribution in [0.3, 0.4) is 0 Å². The second-order valence-electron chi connectivity index (χ2n) is 9.32. The highest BCUT2D eigenvalue weighted by atomic mass is 79.9. The van der Waals surface area contributed by atoms with E-state index in [2.05, 4.69) is 25.8 Å². The lowest BCUT2D eigenvalue weighted by atomic mass is 10.0. The fourth-order valence-corrected chi connectivity index (χ4v) is 5.42. The summed E-state index contributed by atoms with van der Waals surface area (Å²) >= 11 is 8.83. The van der Waals surface area contributed by atoms with Gasteiger partial charge in [-0.15, -0.1) is 0 Å². The van der Waals surface area contributed by atoms with Crippen LogP contribution in [0.15, 0.2) is 125 Å². The molecule has 1 fully saturated rings. The predicted octanol–water partition coefficient (Wildman–Crippen LogP) is 7.54. The largest absolute Gasteiger partial charge is 0.309 e. The van der Waals surface area contributed by atoms with Gasteiger partial charge in [-0.05, 0) is 78.0 Å². The Morgan fingerprint density at radius 1 is 0.756 bits per heavy atom. The van der Waals surface area contributed by atoms with E-state index in [-0.39, 0.29) is 16.4 Å². The number of benzene rings is 4. The summed E-state index contributed by atoms with van der Waals surface area (Å²) in [6, 6.07) is 35.1. The monoisotopic (exact) mass is 621 g/mol. The quantitative estimate of drug-likeness (QED) is 0.125. The van der Waals surface area contributed by atoms with Crippen molar-refractivity contribution in [3.05, 3.63) is 137 Å². The van der Waals surface area contributed by atoms with Crippen LogP contribution in [-0.2, 0) is 9.59 Å². The van der Waals surface area contributed by atoms with E-state index >= 15 is 0 Å². The van der Waals surface area contributed by atoms with E-state index in [0.29, 0.717) is 5.56 Å². The van der Waals surface area contributed by atoms with Crippen molar-refractivity contribution in [1.82, 2.24) is 9.88 Å². The van der Waals surface area contributed by atoms with Crippen LogP contribution in [0.4, 0.5) is 10.1 Å². The van der Waals surface area contributed by atoms with Crippen molar-refractivity contribution in [2.24, 2.45) is 0 Å². The lowest BCUT2D eigenvalue weighted by molar-refractivity contribution is -0.122. The third-order valence-corrected chi connectivity index (χ3v) is 7.51. The molecule has 1 aliphatic rings. The van der Waals surface area contributed by atoms with E-state index in [1.54, 1.807) is 12.1 Å². The molecule has 4 aromatic carbocycles. The second kappa shape index (κ2) is 11.1. The van der Waals surface area contributed by atoms with E-state index in [4.69, 9.17) is 12.2 Å². The topological polar surface area (TPSA) is 54.3 Å². The maximum Gasteiger partial charge on any atom is 0.270 e. The number of thiocarbonyl (C=S) groups is 1. The first-order chi connectivity index (χ1) is 19.9. The molecule has 0 spiro atoms. The smallest absolute Gasteiger partial charge is 0.270 e. The summed E-state index contributed by atoms with van der Waals surface area (Å²) in [6.45, 7) is 0. The summed E-state index contributed by atoms with van der Waals surface area (Å²) in [4.78, 5) is 28.1. The molecule has 2 heterocycles. The zero-order chi connectivity index (χ0) is 28.5. The van der Waals surface area contributed by atoms with Crippen molar-refractivity contribution < 1.29 is 14.0 Å². The molecule has 1 N–H and O–H groups in total. The van der Waals surface area contributed by atoms with Crippen LogP contribution >= 0.6 is 28.1 Å². The number of aromatic nitrogens is 1. The Morgan fingerprint density at radius 3 is 2.07 bits per heavy atom. The lowest BCUT2D eigenvalue weighted by Gasteiger charge is -2.29. The molecule has 5 aromatic rings. The van der Waals surface area contributed by atoms with Crippen LogP contribution < -0.4 is 10.2 Å². The Kier molecular flexibility index (Phi) is 7.17. The number of hydrogen-bond donors (Lipinski definition) is 1. The molecular formula is C33H21BrFN3O2S. The molecule has 0 saturated carbocycles. The highest BCUT2D eigenvalue weighted by Crippen LogP contribution is 2.38. The van der Waals surface area contributed by atoms with Crippen molar-refractivity contribution in [1.29, 1.82) is 0 Å². The van der Waals surface area contributed by atoms with Crippen LogP contribution in [0.2, 0.25) is 0 Å². The molecule has 0 radical (unpaired) electrons. The van der Waals surface area contributed by atoms with Crippen molar-refractivity contribution in [2.45, 2.75) is 0 Å². The Morgan fingerprint density at radius 2 is 1.41 bits per heavy atom. The van der Waals surface area contributed by atoms with Gasteiger partial charge in [0.2, 0.25) is 0 Å². The van der Waals surface area contributed by atoms with Gasteiger partial charge in [-0.3, -0.25) is 19.8 Å². The number of anilines is 1. The highest BCUT2D eigenvalue weighted by molar-refractivity contribution is 9.10. The fourth-order valence-electron chi connectivity index (χ4n) is 4.87. The van der Waals surface area contributed by atoms with Gasteiger partial charge in [-0.1, -0.05) is 82.7 Å².